The number of halogens is 7. The second-order valence-corrected chi connectivity index (χ2v) is 7.97. The van der Waals surface area contributed by atoms with E-state index in [0.717, 1.165) is 17.9 Å². The highest BCUT2D eigenvalue weighted by atomic mass is 35.5. The van der Waals surface area contributed by atoms with Crippen molar-refractivity contribution in [2.24, 2.45) is 5.41 Å². The lowest BCUT2D eigenvalue weighted by molar-refractivity contribution is -0.190. The molecule has 11 heteroatoms. The predicted octanol–water partition coefficient (Wildman–Crippen LogP) is 4.86. The molecule has 1 saturated heterocycles. The fourth-order valence-corrected chi connectivity index (χ4v) is 3.39. The first-order chi connectivity index (χ1) is 12.5. The number of carbonyl (C=O) groups excluding carboxylic acids is 2. The maximum absolute atomic E-state index is 13.1. The predicted molar refractivity (Wildman–Crippen MR) is 89.5 cm³/mol. The number of nitrogens with zero attached hydrogens (tertiary/aromatic N) is 2. The fraction of sp³-hybridized carbons (Fsp3) is 0.529. The van der Waals surface area contributed by atoms with Crippen LogP contribution >= 0.6 is 11.6 Å². The lowest BCUT2D eigenvalue weighted by Gasteiger charge is -2.40. The highest BCUT2D eigenvalue weighted by Crippen LogP contribution is 2.42. The summed E-state index contributed by atoms with van der Waals surface area (Å²) in [5, 5.41) is -0.349. The summed E-state index contributed by atoms with van der Waals surface area (Å²) < 4.78 is 78.6. The quantitative estimate of drug-likeness (QED) is 0.597. The summed E-state index contributed by atoms with van der Waals surface area (Å²) in [6.45, 7) is 5.52. The molecular weight excluding hydrogens is 414 g/mol. The molecule has 0 saturated carbocycles. The molecule has 1 fully saturated rings. The standard InChI is InChI=1S/C17H17ClF6N2O2/c1-8-12(27)26(11-6-9(16(19,20)21)5-10(18)7-11)13(15(2,3)4)25(8)14(28)17(22,23)24/h5-8,13H,1-4H3/t8-,13+/m1/s1. The Bertz CT molecular complexity index is 800. The molecule has 1 aromatic carbocycles. The fourth-order valence-electron chi connectivity index (χ4n) is 3.16. The van der Waals surface area contributed by atoms with Crippen LogP contribution < -0.4 is 4.90 Å². The van der Waals surface area contributed by atoms with E-state index in [9.17, 15) is 35.9 Å². The smallest absolute Gasteiger partial charge is 0.302 e. The van der Waals surface area contributed by atoms with Gasteiger partial charge in [-0.25, -0.2) is 0 Å². The third kappa shape index (κ3) is 4.06. The minimum atomic E-state index is -5.25. The minimum Gasteiger partial charge on any atom is -0.302 e. The van der Waals surface area contributed by atoms with Gasteiger partial charge in [0.1, 0.15) is 12.2 Å². The summed E-state index contributed by atoms with van der Waals surface area (Å²) in [4.78, 5) is 25.8. The average Bonchev–Trinajstić information content (AvgIpc) is 2.76. The molecule has 2 atom stereocenters. The van der Waals surface area contributed by atoms with Crippen LogP contribution in [-0.2, 0) is 15.8 Å². The zero-order valence-corrected chi connectivity index (χ0v) is 16.0. The Hall–Kier alpha value is -1.97. The van der Waals surface area contributed by atoms with Crippen molar-refractivity contribution in [3.8, 4) is 0 Å². The third-order valence-electron chi connectivity index (χ3n) is 4.26. The number of alkyl halides is 6. The molecule has 1 aromatic rings. The average molecular weight is 431 g/mol. The van der Waals surface area contributed by atoms with Gasteiger partial charge in [0.05, 0.1) is 5.56 Å². The zero-order chi connectivity index (χ0) is 21.8. The number of hydrogen-bond acceptors (Lipinski definition) is 2. The highest BCUT2D eigenvalue weighted by Gasteiger charge is 2.57. The third-order valence-corrected chi connectivity index (χ3v) is 4.48. The Morgan fingerprint density at radius 2 is 1.57 bits per heavy atom. The number of benzene rings is 1. The number of carbonyl (C=O) groups is 2. The summed E-state index contributed by atoms with van der Waals surface area (Å²) in [6, 6.07) is 0.782. The molecule has 0 spiro atoms. The van der Waals surface area contributed by atoms with Crippen LogP contribution in [-0.4, -0.2) is 35.1 Å². The largest absolute Gasteiger partial charge is 0.471 e. The summed E-state index contributed by atoms with van der Waals surface area (Å²) in [5.41, 5.74) is -2.61. The molecule has 0 aliphatic carbocycles. The van der Waals surface area contributed by atoms with Crippen molar-refractivity contribution in [3.63, 3.8) is 0 Å². The second-order valence-electron chi connectivity index (χ2n) is 7.53. The van der Waals surface area contributed by atoms with E-state index in [4.69, 9.17) is 11.6 Å². The van der Waals surface area contributed by atoms with Crippen molar-refractivity contribution in [2.75, 3.05) is 4.90 Å². The van der Waals surface area contributed by atoms with E-state index < -0.39 is 47.4 Å². The topological polar surface area (TPSA) is 40.6 Å². The number of anilines is 1. The molecule has 28 heavy (non-hydrogen) atoms. The van der Waals surface area contributed by atoms with Crippen molar-refractivity contribution < 1.29 is 35.9 Å². The molecule has 0 unspecified atom stereocenters. The van der Waals surface area contributed by atoms with Crippen LogP contribution in [0.4, 0.5) is 32.0 Å². The molecule has 2 rings (SSSR count). The molecule has 0 N–H and O–H groups in total. The van der Waals surface area contributed by atoms with Gasteiger partial charge in [-0.05, 0) is 25.1 Å². The van der Waals surface area contributed by atoms with Gasteiger partial charge in [0, 0.05) is 16.1 Å². The van der Waals surface area contributed by atoms with E-state index in [2.05, 4.69) is 0 Å². The molecule has 4 nitrogen and oxygen atoms in total. The Balaban J connectivity index is 2.68. The molecule has 1 aliphatic rings. The molecule has 156 valence electrons. The van der Waals surface area contributed by atoms with Crippen LogP contribution in [0.1, 0.15) is 33.3 Å². The Kier molecular flexibility index (Phi) is 5.44. The van der Waals surface area contributed by atoms with E-state index >= 15 is 0 Å². The van der Waals surface area contributed by atoms with Crippen LogP contribution in [0.25, 0.3) is 0 Å². The Labute approximate surface area is 162 Å². The van der Waals surface area contributed by atoms with Crippen LogP contribution in [0.2, 0.25) is 5.02 Å². The van der Waals surface area contributed by atoms with E-state index in [1.807, 2.05) is 0 Å². The van der Waals surface area contributed by atoms with Gasteiger partial charge in [0.25, 0.3) is 5.91 Å². The molecule has 0 radical (unpaired) electrons. The van der Waals surface area contributed by atoms with Crippen LogP contribution in [0.5, 0.6) is 0 Å². The summed E-state index contributed by atoms with van der Waals surface area (Å²) in [7, 11) is 0. The maximum Gasteiger partial charge on any atom is 0.471 e. The monoisotopic (exact) mass is 430 g/mol. The van der Waals surface area contributed by atoms with E-state index in [-0.39, 0.29) is 10.7 Å². The van der Waals surface area contributed by atoms with Crippen LogP contribution in [0, 0.1) is 5.41 Å². The van der Waals surface area contributed by atoms with E-state index in [1.54, 1.807) is 0 Å². The van der Waals surface area contributed by atoms with Crippen molar-refractivity contribution in [1.29, 1.82) is 0 Å². The first-order valence-electron chi connectivity index (χ1n) is 8.06. The first-order valence-corrected chi connectivity index (χ1v) is 8.44. The molecule has 0 bridgehead atoms. The lowest BCUT2D eigenvalue weighted by atomic mass is 9.90. The molecule has 2 amide bonds. The maximum atomic E-state index is 13.1. The van der Waals surface area contributed by atoms with Gasteiger partial charge in [-0.15, -0.1) is 0 Å². The number of rotatable bonds is 1. The van der Waals surface area contributed by atoms with E-state index in [0.29, 0.717) is 17.0 Å². The minimum absolute atomic E-state index is 0.339. The van der Waals surface area contributed by atoms with Gasteiger partial charge in [-0.3, -0.25) is 14.5 Å². The zero-order valence-electron chi connectivity index (χ0n) is 15.2. The molecule has 1 aliphatic heterocycles. The molecular formula is C17H17ClF6N2O2. The van der Waals surface area contributed by atoms with Gasteiger partial charge in [-0.1, -0.05) is 32.4 Å². The highest BCUT2D eigenvalue weighted by molar-refractivity contribution is 6.31. The Morgan fingerprint density at radius 1 is 1.04 bits per heavy atom. The van der Waals surface area contributed by atoms with Crippen LogP contribution in [0.3, 0.4) is 0 Å². The van der Waals surface area contributed by atoms with Crippen LogP contribution in [0.15, 0.2) is 18.2 Å². The van der Waals surface area contributed by atoms with Gasteiger partial charge >= 0.3 is 18.3 Å². The SMILES string of the molecule is C[C@@H]1C(=O)N(c2cc(Cl)cc(C(F)(F)F)c2)[C@@H](C(C)(C)C)N1C(=O)C(F)(F)F. The van der Waals surface area contributed by atoms with Gasteiger partial charge < -0.3 is 4.90 Å². The number of hydrogen-bond donors (Lipinski definition) is 0. The lowest BCUT2D eigenvalue weighted by Crippen LogP contribution is -2.55. The van der Waals surface area contributed by atoms with Gasteiger partial charge in [0.2, 0.25) is 0 Å². The second kappa shape index (κ2) is 6.82. The molecule has 1 heterocycles. The first kappa shape index (κ1) is 22.3. The normalized spacial score (nSPS) is 21.5. The van der Waals surface area contributed by atoms with E-state index in [1.165, 1.54) is 20.8 Å². The van der Waals surface area contributed by atoms with Gasteiger partial charge in [-0.2, -0.15) is 26.3 Å². The number of amides is 2. The van der Waals surface area contributed by atoms with Crippen molar-refractivity contribution in [3.05, 3.63) is 28.8 Å². The van der Waals surface area contributed by atoms with Gasteiger partial charge in [0.15, 0.2) is 0 Å². The molecule has 0 aromatic heterocycles. The Morgan fingerprint density at radius 3 is 2.00 bits per heavy atom. The van der Waals surface area contributed by atoms with Crippen molar-refractivity contribution in [1.82, 2.24) is 4.90 Å². The summed E-state index contributed by atoms with van der Waals surface area (Å²) in [6.07, 6.45) is -11.5. The van der Waals surface area contributed by atoms with Crippen molar-refractivity contribution in [2.45, 2.75) is 52.3 Å². The summed E-state index contributed by atoms with van der Waals surface area (Å²) >= 11 is 5.75. The van der Waals surface area contributed by atoms with Crippen molar-refractivity contribution >= 4 is 29.1 Å². The summed E-state index contributed by atoms with van der Waals surface area (Å²) in [5.74, 6) is -3.18.